The Morgan fingerprint density at radius 1 is 1.50 bits per heavy atom. The number of halogens is 2. The third kappa shape index (κ3) is 2.03. The van der Waals surface area contributed by atoms with Crippen LogP contribution in [-0.2, 0) is 0 Å². The fraction of sp³-hybridized carbons (Fsp3) is 0. The summed E-state index contributed by atoms with van der Waals surface area (Å²) >= 11 is 5.54. The van der Waals surface area contributed by atoms with Crippen LogP contribution in [0.2, 0.25) is 5.02 Å². The fourth-order valence-electron chi connectivity index (χ4n) is 0.707. The number of carboxylic acids is 1. The summed E-state index contributed by atoms with van der Waals surface area (Å²) in [6.45, 7) is 0. The van der Waals surface area contributed by atoms with Gasteiger partial charge >= 0.3 is 0 Å². The third-order valence-electron chi connectivity index (χ3n) is 1.25. The number of benzene rings is 1. The summed E-state index contributed by atoms with van der Waals surface area (Å²) in [5, 5.41) is 10.4. The summed E-state index contributed by atoms with van der Waals surface area (Å²) in [5.74, 6) is -1.32. The van der Waals surface area contributed by atoms with Crippen LogP contribution in [0.1, 0.15) is 10.4 Å². The lowest BCUT2D eigenvalue weighted by molar-refractivity contribution is -0.255. The number of nitrogens with two attached hydrogens (primary N) is 1. The predicted octanol–water partition coefficient (Wildman–Crippen LogP) is 0.708. The monoisotopic (exact) mass is 206 g/mol. The standard InChI is InChI=1S/C7H6ClNO2.ClH/c8-6-4(7(10)11)2-1-3-5(6)9;/h1-3H,9H2,(H,10,11);1H/p-1. The maximum atomic E-state index is 10.3. The zero-order valence-electron chi connectivity index (χ0n) is 5.91. The van der Waals surface area contributed by atoms with E-state index in [0.717, 1.165) is 0 Å². The van der Waals surface area contributed by atoms with Gasteiger partial charge in [0.25, 0.3) is 0 Å². The number of hydrogen-bond acceptors (Lipinski definition) is 3. The van der Waals surface area contributed by atoms with Gasteiger partial charge in [-0.3, -0.25) is 0 Å². The van der Waals surface area contributed by atoms with E-state index in [0.29, 0.717) is 0 Å². The highest BCUT2D eigenvalue weighted by Gasteiger charge is 2.02. The minimum Gasteiger partial charge on any atom is -0.545 e. The largest absolute Gasteiger partial charge is 0.545 e. The van der Waals surface area contributed by atoms with Gasteiger partial charge in [0.05, 0.1) is 16.7 Å². The molecule has 3 nitrogen and oxygen atoms in total. The molecule has 0 aliphatic rings. The van der Waals surface area contributed by atoms with E-state index in [1.807, 2.05) is 0 Å². The number of carboxylic acid groups (broad SMARTS) is 1. The number of rotatable bonds is 1. The molecule has 0 bridgehead atoms. The second kappa shape index (κ2) is 4.18. The average molecular weight is 207 g/mol. The van der Waals surface area contributed by atoms with Crippen molar-refractivity contribution in [2.75, 3.05) is 5.73 Å². The lowest BCUT2D eigenvalue weighted by atomic mass is 10.2. The molecule has 0 atom stereocenters. The molecule has 0 aromatic heterocycles. The molecule has 0 heterocycles. The average Bonchev–Trinajstić information content (AvgIpc) is 1.94. The van der Waals surface area contributed by atoms with Gasteiger partial charge in [0, 0.05) is 5.56 Å². The quantitative estimate of drug-likeness (QED) is 0.689. The third-order valence-corrected chi connectivity index (χ3v) is 1.67. The van der Waals surface area contributed by atoms with Crippen LogP contribution in [0, 0.1) is 0 Å². The molecule has 1 aromatic carbocycles. The van der Waals surface area contributed by atoms with E-state index >= 15 is 0 Å². The van der Waals surface area contributed by atoms with E-state index in [-0.39, 0.29) is 28.7 Å². The summed E-state index contributed by atoms with van der Waals surface area (Å²) in [7, 11) is 0. The highest BCUT2D eigenvalue weighted by Crippen LogP contribution is 2.21. The Hall–Kier alpha value is -0.930. The predicted molar refractivity (Wildman–Crippen MR) is 47.4 cm³/mol. The fourth-order valence-corrected chi connectivity index (χ4v) is 0.911. The van der Waals surface area contributed by atoms with Gasteiger partial charge < -0.3 is 15.6 Å². The molecule has 66 valence electrons. The van der Waals surface area contributed by atoms with Crippen molar-refractivity contribution in [3.05, 3.63) is 28.8 Å². The molecular formula is C7H6Cl2NO2-. The van der Waals surface area contributed by atoms with Crippen LogP contribution in [0.5, 0.6) is 0 Å². The van der Waals surface area contributed by atoms with Gasteiger partial charge in [-0.25, -0.2) is 0 Å². The van der Waals surface area contributed by atoms with Crippen molar-refractivity contribution in [3.63, 3.8) is 0 Å². The minimum absolute atomic E-state index is 0. The second-order valence-corrected chi connectivity index (χ2v) is 2.37. The highest BCUT2D eigenvalue weighted by atomic mass is 35.5. The molecule has 12 heavy (non-hydrogen) atoms. The van der Waals surface area contributed by atoms with Gasteiger partial charge in [-0.05, 0) is 6.07 Å². The van der Waals surface area contributed by atoms with Gasteiger partial charge in [-0.2, -0.15) is 0 Å². The van der Waals surface area contributed by atoms with E-state index in [1.54, 1.807) is 0 Å². The first-order valence-electron chi connectivity index (χ1n) is 2.88. The number of anilines is 1. The smallest absolute Gasteiger partial charge is 0.0731 e. The summed E-state index contributed by atoms with van der Waals surface area (Å²) < 4.78 is 0. The van der Waals surface area contributed by atoms with Gasteiger partial charge in [-0.15, -0.1) is 12.4 Å². The first-order valence-corrected chi connectivity index (χ1v) is 3.26. The topological polar surface area (TPSA) is 66.2 Å². The molecular weight excluding hydrogens is 201 g/mol. The molecule has 0 spiro atoms. The lowest BCUT2D eigenvalue weighted by Crippen LogP contribution is -2.22. The van der Waals surface area contributed by atoms with Crippen molar-refractivity contribution in [1.29, 1.82) is 0 Å². The molecule has 0 unspecified atom stereocenters. The number of nitrogen functional groups attached to an aromatic ring is 1. The minimum atomic E-state index is -1.32. The molecule has 2 N–H and O–H groups in total. The van der Waals surface area contributed by atoms with E-state index in [2.05, 4.69) is 0 Å². The van der Waals surface area contributed by atoms with Gasteiger partial charge in [0.15, 0.2) is 0 Å². The Kier molecular flexibility index (Phi) is 3.86. The van der Waals surface area contributed by atoms with Crippen molar-refractivity contribution in [2.45, 2.75) is 0 Å². The Morgan fingerprint density at radius 3 is 2.50 bits per heavy atom. The zero-order chi connectivity index (χ0) is 8.43. The molecule has 0 radical (unpaired) electrons. The Bertz CT molecular complexity index is 301. The number of carbonyl (C=O) groups excluding carboxylic acids is 1. The molecule has 5 heteroatoms. The van der Waals surface area contributed by atoms with E-state index in [9.17, 15) is 9.90 Å². The number of carbonyl (C=O) groups is 1. The van der Waals surface area contributed by atoms with Gasteiger partial charge in [0.2, 0.25) is 0 Å². The van der Waals surface area contributed by atoms with Crippen molar-refractivity contribution >= 4 is 35.7 Å². The Labute approximate surface area is 80.5 Å². The van der Waals surface area contributed by atoms with E-state index < -0.39 is 5.97 Å². The van der Waals surface area contributed by atoms with Gasteiger partial charge in [-0.1, -0.05) is 23.7 Å². The molecule has 0 saturated carbocycles. The first-order chi connectivity index (χ1) is 5.13. The van der Waals surface area contributed by atoms with E-state index in [4.69, 9.17) is 17.3 Å². The number of hydrogen-bond donors (Lipinski definition) is 1. The molecule has 0 aliphatic heterocycles. The molecule has 0 saturated heterocycles. The molecule has 0 aliphatic carbocycles. The molecule has 0 amide bonds. The van der Waals surface area contributed by atoms with Crippen LogP contribution < -0.4 is 10.8 Å². The van der Waals surface area contributed by atoms with Crippen LogP contribution in [0.3, 0.4) is 0 Å². The molecule has 1 aromatic rings. The SMILES string of the molecule is Cl.Nc1cccc(C(=O)[O-])c1Cl. The van der Waals surface area contributed by atoms with Crippen LogP contribution >= 0.6 is 24.0 Å². The van der Waals surface area contributed by atoms with Crippen LogP contribution in [0.15, 0.2) is 18.2 Å². The second-order valence-electron chi connectivity index (χ2n) is 2.00. The van der Waals surface area contributed by atoms with Crippen molar-refractivity contribution < 1.29 is 9.90 Å². The first kappa shape index (κ1) is 11.1. The summed E-state index contributed by atoms with van der Waals surface area (Å²) in [6.07, 6.45) is 0. The highest BCUT2D eigenvalue weighted by molar-refractivity contribution is 6.35. The van der Waals surface area contributed by atoms with E-state index in [1.165, 1.54) is 18.2 Å². The maximum absolute atomic E-state index is 10.3. The van der Waals surface area contributed by atoms with Crippen molar-refractivity contribution in [3.8, 4) is 0 Å². The van der Waals surface area contributed by atoms with Crippen LogP contribution in [0.25, 0.3) is 0 Å². The summed E-state index contributed by atoms with van der Waals surface area (Å²) in [6, 6.07) is 4.37. The Balaban J connectivity index is 0.00000121. The summed E-state index contributed by atoms with van der Waals surface area (Å²) in [5.41, 5.74) is 5.50. The number of aromatic carboxylic acids is 1. The van der Waals surface area contributed by atoms with Gasteiger partial charge in [0.1, 0.15) is 0 Å². The molecule has 1 rings (SSSR count). The normalized spacial score (nSPS) is 8.75. The maximum Gasteiger partial charge on any atom is 0.0731 e. The summed E-state index contributed by atoms with van der Waals surface area (Å²) in [4.78, 5) is 10.3. The van der Waals surface area contributed by atoms with Crippen molar-refractivity contribution in [2.24, 2.45) is 0 Å². The lowest BCUT2D eigenvalue weighted by Gasteiger charge is -2.05. The van der Waals surface area contributed by atoms with Crippen LogP contribution in [0.4, 0.5) is 5.69 Å². The Morgan fingerprint density at radius 2 is 2.08 bits per heavy atom. The van der Waals surface area contributed by atoms with Crippen molar-refractivity contribution in [1.82, 2.24) is 0 Å². The van der Waals surface area contributed by atoms with Crippen LogP contribution in [-0.4, -0.2) is 5.97 Å². The molecule has 0 fully saturated rings. The zero-order valence-corrected chi connectivity index (χ0v) is 7.48.